The van der Waals surface area contributed by atoms with E-state index in [2.05, 4.69) is 0 Å². The van der Waals surface area contributed by atoms with Crippen LogP contribution in [0.15, 0.2) is 42.0 Å². The first-order valence-corrected chi connectivity index (χ1v) is 4.38. The van der Waals surface area contributed by atoms with Crippen LogP contribution in [0.3, 0.4) is 0 Å². The van der Waals surface area contributed by atoms with Gasteiger partial charge in [-0.1, -0.05) is 0 Å². The molecule has 1 aromatic rings. The molecule has 0 unspecified atom stereocenters. The first-order chi connectivity index (χ1) is 7.97. The van der Waals surface area contributed by atoms with Gasteiger partial charge < -0.3 is 4.74 Å². The van der Waals surface area contributed by atoms with Crippen molar-refractivity contribution in [1.29, 1.82) is 0 Å². The van der Waals surface area contributed by atoms with E-state index in [9.17, 15) is 22.0 Å². The van der Waals surface area contributed by atoms with Crippen molar-refractivity contribution in [3.05, 3.63) is 47.6 Å². The molecule has 0 radical (unpaired) electrons. The normalized spacial score (nSPS) is 11.9. The van der Waals surface area contributed by atoms with Gasteiger partial charge >= 0.3 is 6.08 Å². The second kappa shape index (κ2) is 5.47. The zero-order valence-corrected chi connectivity index (χ0v) is 8.61. The van der Waals surface area contributed by atoms with Gasteiger partial charge in [-0.15, -0.1) is 0 Å². The summed E-state index contributed by atoms with van der Waals surface area (Å²) in [6, 6.07) is 4.74. The number of rotatable bonds is 3. The van der Waals surface area contributed by atoms with Crippen molar-refractivity contribution in [2.45, 2.75) is 0 Å². The van der Waals surface area contributed by atoms with Crippen molar-refractivity contribution in [1.82, 2.24) is 0 Å². The van der Waals surface area contributed by atoms with Gasteiger partial charge in [0.2, 0.25) is 11.7 Å². The van der Waals surface area contributed by atoms with Crippen LogP contribution in [0.25, 0.3) is 5.83 Å². The molecule has 1 aromatic carbocycles. The topological polar surface area (TPSA) is 9.23 Å². The zero-order chi connectivity index (χ0) is 13.0. The Kier molecular flexibility index (Phi) is 4.25. The molecule has 0 aliphatic heterocycles. The maximum atomic E-state index is 13.2. The van der Waals surface area contributed by atoms with Crippen molar-refractivity contribution in [3.63, 3.8) is 0 Å². The van der Waals surface area contributed by atoms with Crippen LogP contribution in [0.4, 0.5) is 22.0 Å². The smallest absolute Gasteiger partial charge is 0.308 e. The molecule has 0 aromatic heterocycles. The minimum atomic E-state index is -2.91. The van der Waals surface area contributed by atoms with Crippen LogP contribution in [-0.4, -0.2) is 7.11 Å². The fourth-order valence-electron chi connectivity index (χ4n) is 1.04. The molecule has 0 amide bonds. The van der Waals surface area contributed by atoms with Crippen molar-refractivity contribution < 1.29 is 26.7 Å². The van der Waals surface area contributed by atoms with E-state index in [0.29, 0.717) is 5.75 Å². The van der Waals surface area contributed by atoms with Crippen LogP contribution in [0.5, 0.6) is 5.75 Å². The van der Waals surface area contributed by atoms with Gasteiger partial charge in [0.15, 0.2) is 5.83 Å². The molecule has 0 saturated heterocycles. The molecule has 0 N–H and O–H groups in total. The quantitative estimate of drug-likeness (QED) is 0.571. The molecule has 1 rings (SSSR count). The molecular formula is C11H7F5O. The Balaban J connectivity index is 3.14. The Hall–Kier alpha value is -1.85. The van der Waals surface area contributed by atoms with Crippen molar-refractivity contribution in [2.75, 3.05) is 7.11 Å². The van der Waals surface area contributed by atoms with Crippen LogP contribution < -0.4 is 4.74 Å². The van der Waals surface area contributed by atoms with E-state index in [4.69, 9.17) is 4.74 Å². The van der Waals surface area contributed by atoms with E-state index in [-0.39, 0.29) is 5.56 Å². The highest BCUT2D eigenvalue weighted by Crippen LogP contribution is 2.30. The summed E-state index contributed by atoms with van der Waals surface area (Å²) >= 11 is 0. The number of benzene rings is 1. The lowest BCUT2D eigenvalue weighted by atomic mass is 10.2. The number of methoxy groups -OCH3 is 1. The van der Waals surface area contributed by atoms with E-state index < -0.39 is 23.6 Å². The Bertz CT molecular complexity index is 457. The number of hydrogen-bond donors (Lipinski definition) is 0. The minimum Gasteiger partial charge on any atom is -0.497 e. The molecule has 0 aliphatic rings. The summed E-state index contributed by atoms with van der Waals surface area (Å²) in [4.78, 5) is 0. The molecule has 0 saturated carbocycles. The second-order valence-corrected chi connectivity index (χ2v) is 2.93. The number of halogens is 5. The first kappa shape index (κ1) is 13.2. The Labute approximate surface area is 93.8 Å². The average Bonchev–Trinajstić information content (AvgIpc) is 2.36. The largest absolute Gasteiger partial charge is 0.497 e. The van der Waals surface area contributed by atoms with E-state index in [1.165, 1.54) is 19.2 Å². The highest BCUT2D eigenvalue weighted by molar-refractivity contribution is 5.64. The fraction of sp³-hybridized carbons (Fsp3) is 0.0909. The predicted octanol–water partition coefficient (Wildman–Crippen LogP) is 4.38. The molecule has 1 nitrogen and oxygen atoms in total. The second-order valence-electron chi connectivity index (χ2n) is 2.93. The number of hydrogen-bond acceptors (Lipinski definition) is 1. The average molecular weight is 250 g/mol. The summed E-state index contributed by atoms with van der Waals surface area (Å²) in [6.45, 7) is 0. The third kappa shape index (κ3) is 3.05. The minimum absolute atomic E-state index is 0.361. The van der Waals surface area contributed by atoms with E-state index >= 15 is 0 Å². The van der Waals surface area contributed by atoms with Gasteiger partial charge in [-0.2, -0.15) is 13.2 Å². The monoisotopic (exact) mass is 250 g/mol. The maximum Gasteiger partial charge on any atom is 0.308 e. The van der Waals surface area contributed by atoms with Gasteiger partial charge in [-0.25, -0.2) is 8.78 Å². The highest BCUT2D eigenvalue weighted by atomic mass is 19.3. The van der Waals surface area contributed by atoms with E-state index in [1.54, 1.807) is 0 Å². The third-order valence-corrected chi connectivity index (χ3v) is 1.89. The van der Waals surface area contributed by atoms with E-state index in [1.807, 2.05) is 0 Å². The Morgan fingerprint density at radius 3 is 1.82 bits per heavy atom. The molecular weight excluding hydrogens is 243 g/mol. The van der Waals surface area contributed by atoms with Crippen molar-refractivity contribution in [3.8, 4) is 5.75 Å². The van der Waals surface area contributed by atoms with Crippen LogP contribution in [-0.2, 0) is 0 Å². The lowest BCUT2D eigenvalue weighted by Crippen LogP contribution is -1.87. The van der Waals surface area contributed by atoms with Gasteiger partial charge in [0, 0.05) is 5.56 Å². The van der Waals surface area contributed by atoms with Crippen molar-refractivity contribution in [2.24, 2.45) is 0 Å². The zero-order valence-electron chi connectivity index (χ0n) is 8.61. The molecule has 0 fully saturated rings. The highest BCUT2D eigenvalue weighted by Gasteiger charge is 2.18. The first-order valence-electron chi connectivity index (χ1n) is 4.38. The molecule has 0 heterocycles. The Morgan fingerprint density at radius 2 is 1.41 bits per heavy atom. The third-order valence-electron chi connectivity index (χ3n) is 1.89. The van der Waals surface area contributed by atoms with Crippen LogP contribution in [0.1, 0.15) is 5.56 Å². The predicted molar refractivity (Wildman–Crippen MR) is 52.5 cm³/mol. The lowest BCUT2D eigenvalue weighted by molar-refractivity contribution is 0.370. The number of allylic oxidation sites excluding steroid dienone is 2. The van der Waals surface area contributed by atoms with Crippen LogP contribution >= 0.6 is 0 Å². The van der Waals surface area contributed by atoms with Gasteiger partial charge in [0.05, 0.1) is 7.11 Å². The summed E-state index contributed by atoms with van der Waals surface area (Å²) < 4.78 is 66.7. The number of ether oxygens (including phenoxy) is 1. The molecule has 17 heavy (non-hydrogen) atoms. The molecule has 0 spiro atoms. The van der Waals surface area contributed by atoms with Gasteiger partial charge in [0.25, 0.3) is 0 Å². The SMILES string of the molecule is COc1ccc(/C(F)=C(\F)C(F)=C(F)F)cc1. The van der Waals surface area contributed by atoms with Gasteiger partial charge in [-0.05, 0) is 24.3 Å². The maximum absolute atomic E-state index is 13.2. The van der Waals surface area contributed by atoms with E-state index in [0.717, 1.165) is 12.1 Å². The van der Waals surface area contributed by atoms with Gasteiger partial charge in [-0.3, -0.25) is 0 Å². The summed E-state index contributed by atoms with van der Waals surface area (Å²) in [6.07, 6.45) is -2.91. The molecule has 92 valence electrons. The summed E-state index contributed by atoms with van der Waals surface area (Å²) in [5.41, 5.74) is -0.361. The molecule has 0 bridgehead atoms. The van der Waals surface area contributed by atoms with Gasteiger partial charge in [0.1, 0.15) is 5.75 Å². The summed E-state index contributed by atoms with van der Waals surface area (Å²) in [7, 11) is 1.36. The van der Waals surface area contributed by atoms with Crippen molar-refractivity contribution >= 4 is 5.83 Å². The Morgan fingerprint density at radius 1 is 0.882 bits per heavy atom. The molecule has 0 aliphatic carbocycles. The summed E-state index contributed by atoms with van der Waals surface area (Å²) in [5.74, 6) is -6.05. The lowest BCUT2D eigenvalue weighted by Gasteiger charge is -2.02. The fourth-order valence-corrected chi connectivity index (χ4v) is 1.04. The van der Waals surface area contributed by atoms with Crippen LogP contribution in [0, 0.1) is 0 Å². The molecule has 0 atom stereocenters. The molecule has 6 heteroatoms. The summed E-state index contributed by atoms with van der Waals surface area (Å²) in [5, 5.41) is 0. The van der Waals surface area contributed by atoms with Crippen LogP contribution in [0.2, 0.25) is 0 Å². The standard InChI is InChI=1S/C11H7F5O/c1-17-7-4-2-6(3-5-7)8(12)9(13)10(14)11(15)16/h2-5H,1H3/b9-8+.